The van der Waals surface area contributed by atoms with E-state index in [-0.39, 0.29) is 17.4 Å². The molecule has 33 heavy (non-hydrogen) atoms. The monoisotopic (exact) mass is 470 g/mol. The van der Waals surface area contributed by atoms with Crippen LogP contribution in [0.2, 0.25) is 0 Å². The second kappa shape index (κ2) is 9.32. The number of hydrogen-bond acceptors (Lipinski definition) is 6. The van der Waals surface area contributed by atoms with E-state index in [0.29, 0.717) is 42.1 Å². The van der Waals surface area contributed by atoms with Crippen LogP contribution in [0.5, 0.6) is 0 Å². The van der Waals surface area contributed by atoms with Crippen molar-refractivity contribution in [1.82, 2.24) is 9.55 Å². The van der Waals surface area contributed by atoms with E-state index in [9.17, 15) is 18.0 Å². The van der Waals surface area contributed by atoms with Crippen LogP contribution >= 0.6 is 0 Å². The number of hydrogen-bond donors (Lipinski definition) is 1. The van der Waals surface area contributed by atoms with E-state index >= 15 is 0 Å². The zero-order valence-corrected chi connectivity index (χ0v) is 19.2. The quantitative estimate of drug-likeness (QED) is 0.505. The fourth-order valence-corrected chi connectivity index (χ4v) is 4.48. The fourth-order valence-electron chi connectivity index (χ4n) is 3.95. The van der Waals surface area contributed by atoms with E-state index in [1.54, 1.807) is 35.2 Å². The number of aryl methyl sites for hydroxylation is 1. The summed E-state index contributed by atoms with van der Waals surface area (Å²) < 4.78 is 30.9. The lowest BCUT2D eigenvalue weighted by Crippen LogP contribution is -2.23. The minimum atomic E-state index is -3.85. The molecule has 1 fully saturated rings. The molecule has 0 unspecified atom stereocenters. The first kappa shape index (κ1) is 22.9. The van der Waals surface area contributed by atoms with Gasteiger partial charge in [0.1, 0.15) is 12.4 Å². The summed E-state index contributed by atoms with van der Waals surface area (Å²) in [5, 5.41) is 5.25. The molecule has 4 rings (SSSR count). The van der Waals surface area contributed by atoms with Crippen molar-refractivity contribution in [2.75, 3.05) is 11.4 Å². The highest BCUT2D eigenvalue weighted by Gasteiger charge is 2.23. The summed E-state index contributed by atoms with van der Waals surface area (Å²) in [6.45, 7) is 3.28. The maximum Gasteiger partial charge on any atom is 0.338 e. The zero-order chi connectivity index (χ0) is 23.6. The zero-order valence-electron chi connectivity index (χ0n) is 18.4. The highest BCUT2D eigenvalue weighted by Crippen LogP contribution is 2.24. The second-order valence-electron chi connectivity index (χ2n) is 8.00. The molecule has 2 aromatic carbocycles. The van der Waals surface area contributed by atoms with Crippen molar-refractivity contribution in [3.05, 3.63) is 53.9 Å². The number of rotatable bonds is 8. The Morgan fingerprint density at radius 3 is 2.73 bits per heavy atom. The van der Waals surface area contributed by atoms with Crippen LogP contribution in [0.25, 0.3) is 11.0 Å². The highest BCUT2D eigenvalue weighted by molar-refractivity contribution is 7.89. The first-order valence-corrected chi connectivity index (χ1v) is 12.4. The van der Waals surface area contributed by atoms with Crippen LogP contribution in [-0.2, 0) is 32.7 Å². The van der Waals surface area contributed by atoms with Gasteiger partial charge in [0, 0.05) is 25.2 Å². The van der Waals surface area contributed by atoms with Crippen LogP contribution in [-0.4, -0.2) is 36.4 Å². The van der Waals surface area contributed by atoms with E-state index in [1.807, 2.05) is 4.57 Å². The van der Waals surface area contributed by atoms with Gasteiger partial charge in [-0.1, -0.05) is 19.4 Å². The molecule has 3 aromatic rings. The van der Waals surface area contributed by atoms with Crippen molar-refractivity contribution in [3.63, 3.8) is 0 Å². The number of esters is 1. The van der Waals surface area contributed by atoms with Gasteiger partial charge in [0.25, 0.3) is 0 Å². The molecule has 9 nitrogen and oxygen atoms in total. The molecule has 2 heterocycles. The predicted octanol–water partition coefficient (Wildman–Crippen LogP) is 2.97. The number of primary sulfonamides is 1. The lowest BCUT2D eigenvalue weighted by atomic mass is 10.2. The Morgan fingerprint density at radius 2 is 2.03 bits per heavy atom. The van der Waals surface area contributed by atoms with Gasteiger partial charge in [-0.15, -0.1) is 0 Å². The van der Waals surface area contributed by atoms with Crippen LogP contribution in [0, 0.1) is 0 Å². The van der Waals surface area contributed by atoms with Gasteiger partial charge < -0.3 is 14.2 Å². The highest BCUT2D eigenvalue weighted by atomic mass is 32.2. The third kappa shape index (κ3) is 4.91. The number of sulfonamides is 1. The summed E-state index contributed by atoms with van der Waals surface area (Å²) in [7, 11) is -3.85. The molecule has 1 aliphatic heterocycles. The Balaban J connectivity index is 1.57. The molecule has 10 heteroatoms. The van der Waals surface area contributed by atoms with E-state index in [2.05, 4.69) is 11.9 Å². The average Bonchev–Trinajstić information content (AvgIpc) is 3.38. The Hall–Kier alpha value is -3.24. The number of carbonyl (C=O) groups is 2. The molecule has 1 aromatic heterocycles. The Kier molecular flexibility index (Phi) is 6.48. The number of nitrogens with zero attached hydrogens (tertiary/aromatic N) is 3. The van der Waals surface area contributed by atoms with Crippen molar-refractivity contribution >= 4 is 38.6 Å². The third-order valence-electron chi connectivity index (χ3n) is 5.66. The number of unbranched alkanes of at least 4 members (excludes halogenated alkanes) is 1. The van der Waals surface area contributed by atoms with Gasteiger partial charge in [0.05, 0.1) is 21.5 Å². The smallest absolute Gasteiger partial charge is 0.338 e. The number of amides is 1. The molecular weight excluding hydrogens is 444 g/mol. The summed E-state index contributed by atoms with van der Waals surface area (Å²) in [6, 6.07) is 11.4. The van der Waals surface area contributed by atoms with Crippen LogP contribution in [0.4, 0.5) is 5.69 Å². The maximum absolute atomic E-state index is 12.7. The number of anilines is 1. The van der Waals surface area contributed by atoms with E-state index in [0.717, 1.165) is 24.8 Å². The molecule has 0 aliphatic carbocycles. The van der Waals surface area contributed by atoms with Gasteiger partial charge in [0.15, 0.2) is 0 Å². The molecule has 174 valence electrons. The van der Waals surface area contributed by atoms with Gasteiger partial charge in [-0.05, 0) is 49.2 Å². The van der Waals surface area contributed by atoms with Crippen LogP contribution < -0.4 is 10.0 Å². The van der Waals surface area contributed by atoms with Crippen molar-refractivity contribution in [3.8, 4) is 0 Å². The largest absolute Gasteiger partial charge is 0.454 e. The van der Waals surface area contributed by atoms with Crippen molar-refractivity contribution in [2.45, 2.75) is 50.7 Å². The Labute approximate surface area is 192 Å². The SMILES string of the molecule is CCCCn1c(COC(=O)c2cccc(N3CCCC3=O)c2)nc2cc(S(N)(=O)=O)ccc21. The number of ether oxygens (including phenoxy) is 1. The molecule has 0 atom stereocenters. The van der Waals surface area contributed by atoms with Crippen LogP contribution in [0.15, 0.2) is 47.4 Å². The second-order valence-corrected chi connectivity index (χ2v) is 9.57. The summed E-state index contributed by atoms with van der Waals surface area (Å²) in [5.74, 6) is 0.0380. The number of aromatic nitrogens is 2. The first-order valence-electron chi connectivity index (χ1n) is 10.9. The van der Waals surface area contributed by atoms with Gasteiger partial charge in [0.2, 0.25) is 15.9 Å². The fraction of sp³-hybridized carbons (Fsp3) is 0.348. The maximum atomic E-state index is 12.7. The summed E-state index contributed by atoms with van der Waals surface area (Å²) in [4.78, 5) is 30.9. The van der Waals surface area contributed by atoms with Gasteiger partial charge in [-0.25, -0.2) is 23.3 Å². The molecule has 0 spiro atoms. The minimum Gasteiger partial charge on any atom is -0.454 e. The third-order valence-corrected chi connectivity index (χ3v) is 6.57. The van der Waals surface area contributed by atoms with E-state index in [4.69, 9.17) is 9.88 Å². The van der Waals surface area contributed by atoms with Crippen LogP contribution in [0.1, 0.15) is 48.8 Å². The van der Waals surface area contributed by atoms with Gasteiger partial charge in [-0.3, -0.25) is 4.79 Å². The summed E-state index contributed by atoms with van der Waals surface area (Å²) in [5.41, 5.74) is 2.24. The summed E-state index contributed by atoms with van der Waals surface area (Å²) >= 11 is 0. The molecule has 1 saturated heterocycles. The average molecular weight is 471 g/mol. The number of fused-ring (bicyclic) bond motifs is 1. The number of imidazole rings is 1. The molecular formula is C23H26N4O5S. The molecule has 0 radical (unpaired) electrons. The molecule has 0 bridgehead atoms. The molecule has 1 aliphatic rings. The topological polar surface area (TPSA) is 125 Å². The number of benzene rings is 2. The van der Waals surface area contributed by atoms with E-state index in [1.165, 1.54) is 12.1 Å². The Bertz CT molecular complexity index is 1320. The first-order chi connectivity index (χ1) is 15.8. The van der Waals surface area contributed by atoms with Gasteiger partial charge >= 0.3 is 5.97 Å². The molecule has 2 N–H and O–H groups in total. The summed E-state index contributed by atoms with van der Waals surface area (Å²) in [6.07, 6.45) is 3.15. The molecule has 0 saturated carbocycles. The number of carbonyl (C=O) groups excluding carboxylic acids is 2. The van der Waals surface area contributed by atoms with Crippen LogP contribution in [0.3, 0.4) is 0 Å². The van der Waals surface area contributed by atoms with E-state index < -0.39 is 16.0 Å². The number of nitrogens with two attached hydrogens (primary N) is 1. The lowest BCUT2D eigenvalue weighted by molar-refractivity contribution is -0.117. The molecule has 1 amide bonds. The minimum absolute atomic E-state index is 0.0213. The van der Waals surface area contributed by atoms with Crippen molar-refractivity contribution in [2.24, 2.45) is 5.14 Å². The standard InChI is InChI=1S/C23H26N4O5S/c1-2-3-11-27-20-10-9-18(33(24,30)31)14-19(20)25-21(27)15-32-23(29)16-6-4-7-17(13-16)26-12-5-8-22(26)28/h4,6-7,9-10,13-14H,2-3,5,8,11-12,15H2,1H3,(H2,24,30,31). The lowest BCUT2D eigenvalue weighted by Gasteiger charge is -2.16. The Morgan fingerprint density at radius 1 is 1.21 bits per heavy atom. The predicted molar refractivity (Wildman–Crippen MR) is 123 cm³/mol. The van der Waals surface area contributed by atoms with Gasteiger partial charge in [-0.2, -0.15) is 0 Å². The van der Waals surface area contributed by atoms with Crippen molar-refractivity contribution < 1.29 is 22.7 Å². The normalized spacial score (nSPS) is 14.2. The van der Waals surface area contributed by atoms with Crippen molar-refractivity contribution in [1.29, 1.82) is 0 Å².